The summed E-state index contributed by atoms with van der Waals surface area (Å²) < 4.78 is 3.36. The van der Waals surface area contributed by atoms with Crippen LogP contribution in [0.1, 0.15) is 37.3 Å². The van der Waals surface area contributed by atoms with Gasteiger partial charge in [-0.1, -0.05) is 12.8 Å². The molecule has 1 saturated carbocycles. The van der Waals surface area contributed by atoms with Crippen molar-refractivity contribution in [1.29, 1.82) is 0 Å². The van der Waals surface area contributed by atoms with E-state index in [0.29, 0.717) is 25.6 Å². The second-order valence-electron chi connectivity index (χ2n) is 6.03. The van der Waals surface area contributed by atoms with Gasteiger partial charge in [-0.05, 0) is 25.0 Å². The number of rotatable bonds is 6. The number of nitrogens with zero attached hydrogens (tertiary/aromatic N) is 3. The molecule has 1 aliphatic rings. The van der Waals surface area contributed by atoms with Gasteiger partial charge in [-0.25, -0.2) is 4.98 Å². The largest absolute Gasteiger partial charge is 0.353 e. The Hall–Kier alpha value is -2.37. The van der Waals surface area contributed by atoms with Crippen LogP contribution in [0.2, 0.25) is 0 Å². The van der Waals surface area contributed by atoms with Crippen molar-refractivity contribution in [1.82, 2.24) is 19.4 Å². The van der Waals surface area contributed by atoms with Crippen LogP contribution in [0.25, 0.3) is 0 Å². The molecule has 1 amide bonds. The van der Waals surface area contributed by atoms with Crippen LogP contribution in [0.4, 0.5) is 0 Å². The Balaban J connectivity index is 1.50. The van der Waals surface area contributed by atoms with Crippen LogP contribution in [-0.2, 0) is 17.9 Å². The fraction of sp³-hybridized carbons (Fsp3) is 0.471. The summed E-state index contributed by atoms with van der Waals surface area (Å²) in [6.07, 6.45) is 10.0. The van der Waals surface area contributed by atoms with Crippen LogP contribution in [0.15, 0.2) is 41.7 Å². The summed E-state index contributed by atoms with van der Waals surface area (Å²) in [4.78, 5) is 28.3. The summed E-state index contributed by atoms with van der Waals surface area (Å²) in [5, 5.41) is 2.82. The lowest BCUT2D eigenvalue weighted by atomic mass is 10.0. The lowest BCUT2D eigenvalue weighted by molar-refractivity contribution is -0.121. The first-order valence-electron chi connectivity index (χ1n) is 8.16. The van der Waals surface area contributed by atoms with E-state index in [9.17, 15) is 9.59 Å². The molecule has 6 heteroatoms. The lowest BCUT2D eigenvalue weighted by Crippen LogP contribution is -2.32. The fourth-order valence-corrected chi connectivity index (χ4v) is 3.07. The second kappa shape index (κ2) is 7.26. The SMILES string of the molecule is O=C(Cn1cccc1)NCCn1cnc(C2CCCC2)cc1=O. The van der Waals surface area contributed by atoms with Crippen molar-refractivity contribution >= 4 is 5.91 Å². The standard InChI is InChI=1S/C17H22N4O2/c22-16(12-20-8-3-4-9-20)18-7-10-21-13-19-15(11-17(21)23)14-5-1-2-6-14/h3-4,8-9,11,13-14H,1-2,5-7,10,12H2,(H,18,22). The molecule has 23 heavy (non-hydrogen) atoms. The second-order valence-corrected chi connectivity index (χ2v) is 6.03. The van der Waals surface area contributed by atoms with Crippen molar-refractivity contribution in [3.05, 3.63) is 53.0 Å². The number of hydrogen-bond acceptors (Lipinski definition) is 3. The van der Waals surface area contributed by atoms with Gasteiger partial charge in [0.05, 0.1) is 12.0 Å². The number of hydrogen-bond donors (Lipinski definition) is 1. The predicted octanol–water partition coefficient (Wildman–Crippen LogP) is 1.52. The molecule has 1 aliphatic carbocycles. The normalized spacial score (nSPS) is 15.0. The number of carbonyl (C=O) groups is 1. The van der Waals surface area contributed by atoms with E-state index in [0.717, 1.165) is 18.5 Å². The van der Waals surface area contributed by atoms with Gasteiger partial charge in [0.2, 0.25) is 5.91 Å². The Kier molecular flexibility index (Phi) is 4.90. The Morgan fingerprint density at radius 2 is 2.00 bits per heavy atom. The molecule has 0 unspecified atom stereocenters. The van der Waals surface area contributed by atoms with Gasteiger partial charge in [0.25, 0.3) is 5.56 Å². The van der Waals surface area contributed by atoms with Crippen molar-refractivity contribution in [3.8, 4) is 0 Å². The summed E-state index contributed by atoms with van der Waals surface area (Å²) in [5.41, 5.74) is 0.877. The van der Waals surface area contributed by atoms with E-state index in [-0.39, 0.29) is 11.5 Å². The molecule has 0 aromatic carbocycles. The Morgan fingerprint density at radius 1 is 1.26 bits per heavy atom. The van der Waals surface area contributed by atoms with Crippen LogP contribution < -0.4 is 10.9 Å². The number of carbonyl (C=O) groups excluding carboxylic acids is 1. The zero-order chi connectivity index (χ0) is 16.1. The molecule has 122 valence electrons. The maximum absolute atomic E-state index is 12.1. The lowest BCUT2D eigenvalue weighted by Gasteiger charge is -2.11. The summed E-state index contributed by atoms with van der Waals surface area (Å²) in [6, 6.07) is 5.41. The first-order valence-corrected chi connectivity index (χ1v) is 8.16. The van der Waals surface area contributed by atoms with Gasteiger partial charge in [-0.2, -0.15) is 0 Å². The summed E-state index contributed by atoms with van der Waals surface area (Å²) in [5.74, 6) is 0.378. The van der Waals surface area contributed by atoms with E-state index < -0.39 is 0 Å². The predicted molar refractivity (Wildman–Crippen MR) is 87.1 cm³/mol. The highest BCUT2D eigenvalue weighted by atomic mass is 16.2. The highest BCUT2D eigenvalue weighted by molar-refractivity contribution is 5.75. The van der Waals surface area contributed by atoms with Crippen molar-refractivity contribution in [2.75, 3.05) is 6.54 Å². The molecule has 0 spiro atoms. The Bertz CT molecular complexity index is 700. The molecular formula is C17H22N4O2. The average Bonchev–Trinajstić information content (AvgIpc) is 3.22. The molecule has 0 bridgehead atoms. The van der Waals surface area contributed by atoms with Gasteiger partial charge in [0, 0.05) is 37.5 Å². The third kappa shape index (κ3) is 4.09. The number of nitrogens with one attached hydrogen (secondary N) is 1. The fourth-order valence-electron chi connectivity index (χ4n) is 3.07. The van der Waals surface area contributed by atoms with Gasteiger partial charge in [-0.15, -0.1) is 0 Å². The van der Waals surface area contributed by atoms with Crippen molar-refractivity contribution < 1.29 is 4.79 Å². The molecule has 2 aromatic rings. The molecule has 2 heterocycles. The zero-order valence-corrected chi connectivity index (χ0v) is 13.1. The molecule has 3 rings (SSSR count). The van der Waals surface area contributed by atoms with E-state index in [1.54, 1.807) is 21.5 Å². The summed E-state index contributed by atoms with van der Waals surface area (Å²) >= 11 is 0. The van der Waals surface area contributed by atoms with E-state index in [2.05, 4.69) is 10.3 Å². The average molecular weight is 314 g/mol. The van der Waals surface area contributed by atoms with Gasteiger partial charge >= 0.3 is 0 Å². The van der Waals surface area contributed by atoms with Gasteiger partial charge in [0.1, 0.15) is 6.54 Å². The Labute approximate surface area is 135 Å². The van der Waals surface area contributed by atoms with Crippen LogP contribution >= 0.6 is 0 Å². The van der Waals surface area contributed by atoms with Crippen molar-refractivity contribution in [2.45, 2.75) is 44.7 Å². The van der Waals surface area contributed by atoms with E-state index >= 15 is 0 Å². The molecule has 6 nitrogen and oxygen atoms in total. The molecule has 2 aromatic heterocycles. The van der Waals surface area contributed by atoms with E-state index in [4.69, 9.17) is 0 Å². The highest BCUT2D eigenvalue weighted by Crippen LogP contribution is 2.32. The third-order valence-electron chi connectivity index (χ3n) is 4.34. The molecule has 0 aliphatic heterocycles. The van der Waals surface area contributed by atoms with Gasteiger partial charge < -0.3 is 9.88 Å². The van der Waals surface area contributed by atoms with Crippen LogP contribution in [0.3, 0.4) is 0 Å². The highest BCUT2D eigenvalue weighted by Gasteiger charge is 2.18. The zero-order valence-electron chi connectivity index (χ0n) is 13.1. The molecule has 1 N–H and O–H groups in total. The molecule has 1 fully saturated rings. The number of aromatic nitrogens is 3. The van der Waals surface area contributed by atoms with E-state index in [1.807, 2.05) is 24.5 Å². The minimum atomic E-state index is -0.0650. The first-order chi connectivity index (χ1) is 11.2. The van der Waals surface area contributed by atoms with Gasteiger partial charge in [-0.3, -0.25) is 14.2 Å². The van der Waals surface area contributed by atoms with Crippen LogP contribution in [-0.4, -0.2) is 26.6 Å². The Morgan fingerprint density at radius 3 is 2.70 bits per heavy atom. The van der Waals surface area contributed by atoms with E-state index in [1.165, 1.54) is 12.8 Å². The molecule has 0 saturated heterocycles. The summed E-state index contributed by atoms with van der Waals surface area (Å²) in [6.45, 7) is 1.15. The van der Waals surface area contributed by atoms with Gasteiger partial charge in [0.15, 0.2) is 0 Å². The minimum Gasteiger partial charge on any atom is -0.353 e. The maximum atomic E-state index is 12.1. The third-order valence-corrected chi connectivity index (χ3v) is 4.34. The van der Waals surface area contributed by atoms with Crippen molar-refractivity contribution in [3.63, 3.8) is 0 Å². The maximum Gasteiger partial charge on any atom is 0.253 e. The smallest absolute Gasteiger partial charge is 0.253 e. The topological polar surface area (TPSA) is 68.9 Å². The summed E-state index contributed by atoms with van der Waals surface area (Å²) in [7, 11) is 0. The van der Waals surface area contributed by atoms with Crippen LogP contribution in [0.5, 0.6) is 0 Å². The molecule has 0 radical (unpaired) electrons. The van der Waals surface area contributed by atoms with Crippen LogP contribution in [0, 0.1) is 0 Å². The molecule has 0 atom stereocenters. The molecular weight excluding hydrogens is 292 g/mol. The minimum absolute atomic E-state index is 0.0402. The monoisotopic (exact) mass is 314 g/mol. The van der Waals surface area contributed by atoms with Crippen molar-refractivity contribution in [2.24, 2.45) is 0 Å². The number of amides is 1. The quantitative estimate of drug-likeness (QED) is 0.879. The first kappa shape index (κ1) is 15.5.